The van der Waals surface area contributed by atoms with Crippen molar-refractivity contribution in [3.8, 4) is 5.75 Å². The van der Waals surface area contributed by atoms with E-state index in [9.17, 15) is 24.5 Å². The van der Waals surface area contributed by atoms with Gasteiger partial charge in [-0.25, -0.2) is 9.69 Å². The molecule has 0 atom stereocenters. The highest BCUT2D eigenvalue weighted by Gasteiger charge is 2.37. The average molecular weight is 471 g/mol. The second-order valence-corrected chi connectivity index (χ2v) is 7.69. The molecule has 0 bridgehead atoms. The summed E-state index contributed by atoms with van der Waals surface area (Å²) in [5, 5.41) is 13.1. The van der Waals surface area contributed by atoms with Crippen LogP contribution in [-0.4, -0.2) is 22.8 Å². The van der Waals surface area contributed by atoms with Crippen molar-refractivity contribution in [1.82, 2.24) is 5.32 Å². The zero-order valence-electron chi connectivity index (χ0n) is 18.8. The summed E-state index contributed by atoms with van der Waals surface area (Å²) in [5.74, 6) is -1.13. The number of carbonyl (C=O) groups is 3. The summed E-state index contributed by atoms with van der Waals surface area (Å²) in [7, 11) is 0. The van der Waals surface area contributed by atoms with Crippen LogP contribution < -0.4 is 15.0 Å². The number of hydrogen-bond donors (Lipinski definition) is 1. The number of carbonyl (C=O) groups excluding carboxylic acids is 3. The first kappa shape index (κ1) is 23.4. The molecule has 9 nitrogen and oxygen atoms in total. The van der Waals surface area contributed by atoms with E-state index in [1.807, 2.05) is 19.1 Å². The number of ether oxygens (including phenoxy) is 1. The molecule has 0 spiro atoms. The van der Waals surface area contributed by atoms with Gasteiger partial charge in [-0.1, -0.05) is 43.3 Å². The van der Waals surface area contributed by atoms with E-state index in [0.717, 1.165) is 10.5 Å². The minimum atomic E-state index is -0.805. The SMILES string of the molecule is CCc1ccccc1N1C(=O)NC(=O)/C(=C/c2ccccc2OCc2ccc([N+](=O)[O-])cc2)C1=O. The predicted octanol–water partition coefficient (Wildman–Crippen LogP) is 4.40. The number of para-hydroxylation sites is 2. The molecule has 1 saturated heterocycles. The Morgan fingerprint density at radius 1 is 0.971 bits per heavy atom. The van der Waals surface area contributed by atoms with E-state index < -0.39 is 22.8 Å². The third-order valence-electron chi connectivity index (χ3n) is 5.48. The Kier molecular flexibility index (Phi) is 6.68. The highest BCUT2D eigenvalue weighted by atomic mass is 16.6. The molecular weight excluding hydrogens is 450 g/mol. The Labute approximate surface area is 200 Å². The maximum Gasteiger partial charge on any atom is 0.335 e. The molecule has 35 heavy (non-hydrogen) atoms. The molecule has 3 aromatic rings. The number of nitrogens with zero attached hydrogens (tertiary/aromatic N) is 2. The molecule has 9 heteroatoms. The number of nitro groups is 1. The van der Waals surface area contributed by atoms with Crippen LogP contribution in [-0.2, 0) is 22.6 Å². The number of benzene rings is 3. The highest BCUT2D eigenvalue weighted by molar-refractivity contribution is 6.39. The summed E-state index contributed by atoms with van der Waals surface area (Å²) < 4.78 is 5.87. The van der Waals surface area contributed by atoms with Crippen LogP contribution in [0, 0.1) is 10.1 Å². The number of non-ortho nitro benzene ring substituents is 1. The van der Waals surface area contributed by atoms with E-state index in [1.165, 1.54) is 18.2 Å². The Morgan fingerprint density at radius 2 is 1.66 bits per heavy atom. The fourth-order valence-corrected chi connectivity index (χ4v) is 3.67. The van der Waals surface area contributed by atoms with Gasteiger partial charge in [-0.15, -0.1) is 0 Å². The van der Waals surface area contributed by atoms with Gasteiger partial charge in [-0.3, -0.25) is 25.0 Å². The molecule has 1 aliphatic heterocycles. The second kappa shape index (κ2) is 10.0. The molecule has 4 rings (SSSR count). The Hall–Kier alpha value is -4.79. The van der Waals surface area contributed by atoms with Crippen LogP contribution in [0.3, 0.4) is 0 Å². The van der Waals surface area contributed by atoms with Crippen LogP contribution in [0.4, 0.5) is 16.2 Å². The van der Waals surface area contributed by atoms with Gasteiger partial charge in [0.2, 0.25) is 0 Å². The predicted molar refractivity (Wildman–Crippen MR) is 129 cm³/mol. The van der Waals surface area contributed by atoms with Crippen LogP contribution >= 0.6 is 0 Å². The molecule has 0 unspecified atom stereocenters. The number of hydrogen-bond acceptors (Lipinski definition) is 6. The van der Waals surface area contributed by atoms with Crippen molar-refractivity contribution in [2.45, 2.75) is 20.0 Å². The van der Waals surface area contributed by atoms with Crippen LogP contribution in [0.15, 0.2) is 78.4 Å². The number of nitro benzene ring substituents is 1. The minimum Gasteiger partial charge on any atom is -0.488 e. The number of aryl methyl sites for hydroxylation is 1. The third-order valence-corrected chi connectivity index (χ3v) is 5.48. The first-order valence-corrected chi connectivity index (χ1v) is 10.8. The minimum absolute atomic E-state index is 0.0237. The third kappa shape index (κ3) is 4.93. The van der Waals surface area contributed by atoms with Gasteiger partial charge in [0.1, 0.15) is 17.9 Å². The summed E-state index contributed by atoms with van der Waals surface area (Å²) in [6.07, 6.45) is 1.98. The first-order valence-electron chi connectivity index (χ1n) is 10.8. The van der Waals surface area contributed by atoms with E-state index >= 15 is 0 Å². The monoisotopic (exact) mass is 471 g/mol. The van der Waals surface area contributed by atoms with Crippen molar-refractivity contribution in [2.24, 2.45) is 0 Å². The summed E-state index contributed by atoms with van der Waals surface area (Å²) in [5.41, 5.74) is 2.14. The zero-order chi connectivity index (χ0) is 24.9. The van der Waals surface area contributed by atoms with Crippen LogP contribution in [0.2, 0.25) is 0 Å². The van der Waals surface area contributed by atoms with E-state index in [0.29, 0.717) is 29.0 Å². The topological polar surface area (TPSA) is 119 Å². The Morgan fingerprint density at radius 3 is 2.37 bits per heavy atom. The van der Waals surface area contributed by atoms with Crippen molar-refractivity contribution in [1.29, 1.82) is 0 Å². The van der Waals surface area contributed by atoms with E-state index in [-0.39, 0.29) is 17.9 Å². The largest absolute Gasteiger partial charge is 0.488 e. The van der Waals surface area contributed by atoms with E-state index in [4.69, 9.17) is 4.74 Å². The van der Waals surface area contributed by atoms with Crippen LogP contribution in [0.1, 0.15) is 23.6 Å². The lowest BCUT2D eigenvalue weighted by molar-refractivity contribution is -0.384. The molecule has 1 aliphatic rings. The normalized spacial score (nSPS) is 14.7. The lowest BCUT2D eigenvalue weighted by atomic mass is 10.0. The maximum absolute atomic E-state index is 13.3. The number of rotatable bonds is 7. The standard InChI is InChI=1S/C26H21N3O6/c1-2-18-7-3-5-9-22(18)28-25(31)21(24(30)27-26(28)32)15-19-8-4-6-10-23(19)35-16-17-11-13-20(14-12-17)29(33)34/h3-15H,2,16H2,1H3,(H,27,30,32)/b21-15-. The molecule has 0 saturated carbocycles. The van der Waals surface area contributed by atoms with Crippen LogP contribution in [0.5, 0.6) is 5.75 Å². The Bertz CT molecular complexity index is 1350. The van der Waals surface area contributed by atoms with Crippen molar-refractivity contribution in [3.63, 3.8) is 0 Å². The molecule has 0 radical (unpaired) electrons. The van der Waals surface area contributed by atoms with Gasteiger partial charge in [-0.05, 0) is 47.9 Å². The molecule has 3 aromatic carbocycles. The molecule has 1 fully saturated rings. The van der Waals surface area contributed by atoms with Gasteiger partial charge in [0.15, 0.2) is 0 Å². The van der Waals surface area contributed by atoms with Crippen molar-refractivity contribution in [2.75, 3.05) is 4.90 Å². The summed E-state index contributed by atoms with van der Waals surface area (Å²) in [6.45, 7) is 2.03. The number of imide groups is 2. The Balaban J connectivity index is 1.62. The fourth-order valence-electron chi connectivity index (χ4n) is 3.67. The summed E-state index contributed by atoms with van der Waals surface area (Å²) >= 11 is 0. The molecule has 4 amide bonds. The molecule has 1 heterocycles. The van der Waals surface area contributed by atoms with Gasteiger partial charge in [0.25, 0.3) is 17.5 Å². The lowest BCUT2D eigenvalue weighted by Gasteiger charge is -2.28. The molecule has 0 aromatic heterocycles. The molecule has 176 valence electrons. The van der Waals surface area contributed by atoms with E-state index in [1.54, 1.807) is 48.5 Å². The van der Waals surface area contributed by atoms with Gasteiger partial charge in [-0.2, -0.15) is 0 Å². The highest BCUT2D eigenvalue weighted by Crippen LogP contribution is 2.28. The van der Waals surface area contributed by atoms with E-state index in [2.05, 4.69) is 5.32 Å². The zero-order valence-corrected chi connectivity index (χ0v) is 18.8. The van der Waals surface area contributed by atoms with Gasteiger partial charge < -0.3 is 4.74 Å². The maximum atomic E-state index is 13.3. The molecule has 0 aliphatic carbocycles. The average Bonchev–Trinajstić information content (AvgIpc) is 2.86. The number of nitrogens with one attached hydrogen (secondary N) is 1. The van der Waals surface area contributed by atoms with Gasteiger partial charge in [0.05, 0.1) is 10.6 Å². The summed E-state index contributed by atoms with van der Waals surface area (Å²) in [4.78, 5) is 49.7. The van der Waals surface area contributed by atoms with Crippen molar-refractivity contribution < 1.29 is 24.0 Å². The quantitative estimate of drug-likeness (QED) is 0.236. The van der Waals surface area contributed by atoms with Crippen molar-refractivity contribution >= 4 is 35.3 Å². The second-order valence-electron chi connectivity index (χ2n) is 7.69. The van der Waals surface area contributed by atoms with Gasteiger partial charge in [0, 0.05) is 17.7 Å². The first-order chi connectivity index (χ1) is 16.9. The molecular formula is C26H21N3O6. The van der Waals surface area contributed by atoms with Crippen molar-refractivity contribution in [3.05, 3.63) is 105 Å². The van der Waals surface area contributed by atoms with Gasteiger partial charge >= 0.3 is 6.03 Å². The van der Waals surface area contributed by atoms with Crippen LogP contribution in [0.25, 0.3) is 6.08 Å². The number of anilines is 1. The lowest BCUT2D eigenvalue weighted by Crippen LogP contribution is -2.54. The number of barbiturate groups is 1. The number of amides is 4. The summed E-state index contributed by atoms with van der Waals surface area (Å²) in [6, 6.07) is 19.0. The molecule has 1 N–H and O–H groups in total. The fraction of sp³-hybridized carbons (Fsp3) is 0.115. The number of urea groups is 1. The smallest absolute Gasteiger partial charge is 0.335 e.